The fourth-order valence-electron chi connectivity index (χ4n) is 2.71. The normalized spacial score (nSPS) is 12.5. The Balaban J connectivity index is 1.78. The van der Waals surface area contributed by atoms with Crippen molar-refractivity contribution >= 4 is 11.3 Å². The molecule has 0 aliphatic rings. The number of nitrogens with one attached hydrogen (secondary N) is 1. The van der Waals surface area contributed by atoms with Crippen molar-refractivity contribution in [2.24, 2.45) is 0 Å². The van der Waals surface area contributed by atoms with Crippen molar-refractivity contribution in [2.45, 2.75) is 39.8 Å². The molecular formula is C18H22N4S. The van der Waals surface area contributed by atoms with E-state index in [-0.39, 0.29) is 6.04 Å². The van der Waals surface area contributed by atoms with E-state index in [0.29, 0.717) is 0 Å². The van der Waals surface area contributed by atoms with Gasteiger partial charge in [0.15, 0.2) is 0 Å². The number of aryl methyl sites for hydroxylation is 2. The van der Waals surface area contributed by atoms with Crippen LogP contribution in [-0.2, 0) is 6.54 Å². The van der Waals surface area contributed by atoms with E-state index < -0.39 is 0 Å². The summed E-state index contributed by atoms with van der Waals surface area (Å²) in [4.78, 5) is 9.10. The van der Waals surface area contributed by atoms with Gasteiger partial charge in [-0.05, 0) is 32.4 Å². The third-order valence-corrected chi connectivity index (χ3v) is 4.97. The van der Waals surface area contributed by atoms with Gasteiger partial charge in [-0.15, -0.1) is 11.3 Å². The highest BCUT2D eigenvalue weighted by molar-refractivity contribution is 7.09. The Morgan fingerprint density at radius 1 is 1.22 bits per heavy atom. The lowest BCUT2D eigenvalue weighted by Gasteiger charge is -2.16. The summed E-state index contributed by atoms with van der Waals surface area (Å²) in [6.45, 7) is 7.04. The van der Waals surface area contributed by atoms with Gasteiger partial charge < -0.3 is 5.32 Å². The number of thiazole rings is 1. The second-order valence-electron chi connectivity index (χ2n) is 5.64. The Hall–Kier alpha value is -1.98. The van der Waals surface area contributed by atoms with Crippen molar-refractivity contribution in [1.82, 2.24) is 19.9 Å². The van der Waals surface area contributed by atoms with Gasteiger partial charge in [0, 0.05) is 23.3 Å². The zero-order chi connectivity index (χ0) is 16.2. The molecule has 3 aromatic rings. The van der Waals surface area contributed by atoms with Crippen molar-refractivity contribution in [1.29, 1.82) is 0 Å². The quantitative estimate of drug-likeness (QED) is 0.739. The van der Waals surface area contributed by atoms with Gasteiger partial charge in [-0.2, -0.15) is 0 Å². The molecule has 1 aromatic carbocycles. The van der Waals surface area contributed by atoms with Crippen LogP contribution in [-0.4, -0.2) is 14.5 Å². The third kappa shape index (κ3) is 3.51. The SMILES string of the molecule is CC[C@H](NCc1cnc(C)n1-c1ccccc1)c1nc(C)cs1. The summed E-state index contributed by atoms with van der Waals surface area (Å²) in [5.41, 5.74) is 3.41. The van der Waals surface area contributed by atoms with Crippen molar-refractivity contribution in [2.75, 3.05) is 0 Å². The van der Waals surface area contributed by atoms with Crippen LogP contribution >= 0.6 is 11.3 Å². The Morgan fingerprint density at radius 3 is 2.65 bits per heavy atom. The largest absolute Gasteiger partial charge is 0.302 e. The predicted octanol–water partition coefficient (Wildman–Crippen LogP) is 4.19. The number of hydrogen-bond acceptors (Lipinski definition) is 4. The third-order valence-electron chi connectivity index (χ3n) is 3.90. The molecule has 0 saturated heterocycles. The number of hydrogen-bond donors (Lipinski definition) is 1. The summed E-state index contributed by atoms with van der Waals surface area (Å²) in [5, 5.41) is 6.89. The van der Waals surface area contributed by atoms with Gasteiger partial charge in [0.2, 0.25) is 0 Å². The fraction of sp³-hybridized carbons (Fsp3) is 0.333. The van der Waals surface area contributed by atoms with E-state index in [1.54, 1.807) is 11.3 Å². The summed E-state index contributed by atoms with van der Waals surface area (Å²) in [6.07, 6.45) is 2.97. The molecule has 1 atom stereocenters. The molecule has 4 nitrogen and oxygen atoms in total. The standard InChI is InChI=1S/C18H22N4S/c1-4-17(18-21-13(2)12-23-18)20-11-16-10-19-14(3)22(16)15-8-6-5-7-9-15/h5-10,12,17,20H,4,11H2,1-3H3/t17-/m0/s1. The van der Waals surface area contributed by atoms with Crippen LogP contribution in [0.1, 0.15) is 41.6 Å². The van der Waals surface area contributed by atoms with E-state index in [9.17, 15) is 0 Å². The van der Waals surface area contributed by atoms with Crippen molar-refractivity contribution < 1.29 is 0 Å². The van der Waals surface area contributed by atoms with Crippen LogP contribution in [0.25, 0.3) is 5.69 Å². The van der Waals surface area contributed by atoms with Gasteiger partial charge in [0.1, 0.15) is 10.8 Å². The van der Waals surface area contributed by atoms with Crippen LogP contribution < -0.4 is 5.32 Å². The number of rotatable bonds is 6. The molecule has 5 heteroatoms. The number of benzene rings is 1. The summed E-state index contributed by atoms with van der Waals surface area (Å²) < 4.78 is 2.20. The first-order chi connectivity index (χ1) is 11.2. The van der Waals surface area contributed by atoms with E-state index in [2.05, 4.69) is 56.4 Å². The number of imidazole rings is 1. The van der Waals surface area contributed by atoms with Crippen LogP contribution in [0.2, 0.25) is 0 Å². The molecule has 2 heterocycles. The number of aromatic nitrogens is 3. The highest BCUT2D eigenvalue weighted by Crippen LogP contribution is 2.22. The van der Waals surface area contributed by atoms with Gasteiger partial charge in [-0.1, -0.05) is 25.1 Å². The second-order valence-corrected chi connectivity index (χ2v) is 6.53. The van der Waals surface area contributed by atoms with Crippen LogP contribution in [0.4, 0.5) is 0 Å². The average Bonchev–Trinajstić information content (AvgIpc) is 3.15. The summed E-state index contributed by atoms with van der Waals surface area (Å²) in [7, 11) is 0. The highest BCUT2D eigenvalue weighted by atomic mass is 32.1. The van der Waals surface area contributed by atoms with Gasteiger partial charge in [-0.25, -0.2) is 9.97 Å². The fourth-order valence-corrected chi connectivity index (χ4v) is 3.67. The summed E-state index contributed by atoms with van der Waals surface area (Å²) in [5.74, 6) is 1.01. The molecule has 3 rings (SSSR count). The maximum atomic E-state index is 4.61. The lowest BCUT2D eigenvalue weighted by atomic mass is 10.2. The molecule has 0 bridgehead atoms. The van der Waals surface area contributed by atoms with Crippen molar-refractivity contribution in [3.05, 3.63) is 64.1 Å². The maximum absolute atomic E-state index is 4.61. The number of para-hydroxylation sites is 1. The highest BCUT2D eigenvalue weighted by Gasteiger charge is 2.14. The lowest BCUT2D eigenvalue weighted by Crippen LogP contribution is -2.21. The molecule has 0 saturated carbocycles. The minimum absolute atomic E-state index is 0.285. The predicted molar refractivity (Wildman–Crippen MR) is 95.0 cm³/mol. The van der Waals surface area contributed by atoms with E-state index in [0.717, 1.165) is 35.2 Å². The number of nitrogens with zero attached hydrogens (tertiary/aromatic N) is 3. The minimum atomic E-state index is 0.285. The molecule has 0 amide bonds. The van der Waals surface area contributed by atoms with Crippen LogP contribution in [0.5, 0.6) is 0 Å². The Kier molecular flexibility index (Phi) is 4.88. The Morgan fingerprint density at radius 2 is 2.00 bits per heavy atom. The van der Waals surface area contributed by atoms with Crippen LogP contribution in [0.3, 0.4) is 0 Å². The molecule has 0 aliphatic heterocycles. The van der Waals surface area contributed by atoms with Gasteiger partial charge >= 0.3 is 0 Å². The van der Waals surface area contributed by atoms with Crippen LogP contribution in [0, 0.1) is 13.8 Å². The van der Waals surface area contributed by atoms with E-state index in [1.807, 2.05) is 26.1 Å². The molecule has 0 aliphatic carbocycles. The molecule has 23 heavy (non-hydrogen) atoms. The molecule has 0 radical (unpaired) electrons. The molecule has 0 unspecified atom stereocenters. The molecule has 0 fully saturated rings. The average molecular weight is 326 g/mol. The Labute approximate surface area is 141 Å². The van der Waals surface area contributed by atoms with E-state index in [1.165, 1.54) is 5.69 Å². The molecular weight excluding hydrogens is 304 g/mol. The topological polar surface area (TPSA) is 42.7 Å². The molecule has 120 valence electrons. The molecule has 2 aromatic heterocycles. The lowest BCUT2D eigenvalue weighted by molar-refractivity contribution is 0.508. The molecule has 0 spiro atoms. The van der Waals surface area contributed by atoms with Gasteiger partial charge in [-0.3, -0.25) is 4.57 Å². The summed E-state index contributed by atoms with van der Waals surface area (Å²) in [6, 6.07) is 10.6. The molecule has 1 N–H and O–H groups in total. The van der Waals surface area contributed by atoms with Crippen molar-refractivity contribution in [3.8, 4) is 5.69 Å². The van der Waals surface area contributed by atoms with Crippen molar-refractivity contribution in [3.63, 3.8) is 0 Å². The van der Waals surface area contributed by atoms with Gasteiger partial charge in [0.05, 0.1) is 17.9 Å². The smallest absolute Gasteiger partial charge is 0.110 e. The maximum Gasteiger partial charge on any atom is 0.110 e. The minimum Gasteiger partial charge on any atom is -0.302 e. The zero-order valence-electron chi connectivity index (χ0n) is 13.8. The van der Waals surface area contributed by atoms with Crippen LogP contribution in [0.15, 0.2) is 41.9 Å². The Bertz CT molecular complexity index is 760. The second kappa shape index (κ2) is 7.06. The summed E-state index contributed by atoms with van der Waals surface area (Å²) >= 11 is 1.73. The zero-order valence-corrected chi connectivity index (χ0v) is 14.6. The first-order valence-electron chi connectivity index (χ1n) is 7.93. The monoisotopic (exact) mass is 326 g/mol. The van der Waals surface area contributed by atoms with Gasteiger partial charge in [0.25, 0.3) is 0 Å². The first-order valence-corrected chi connectivity index (χ1v) is 8.81. The van der Waals surface area contributed by atoms with E-state index >= 15 is 0 Å². The van der Waals surface area contributed by atoms with E-state index in [4.69, 9.17) is 0 Å². The first kappa shape index (κ1) is 15.9.